The lowest BCUT2D eigenvalue weighted by molar-refractivity contribution is -0.144. The van der Waals surface area contributed by atoms with Crippen LogP contribution in [0.4, 0.5) is 13.2 Å². The van der Waals surface area contributed by atoms with Crippen LogP contribution in [-0.4, -0.2) is 35.4 Å². The van der Waals surface area contributed by atoms with Crippen LogP contribution in [0, 0.1) is 0 Å². The van der Waals surface area contributed by atoms with Crippen molar-refractivity contribution in [2.24, 2.45) is 0 Å². The molecule has 0 aliphatic rings. The second-order valence-corrected chi connectivity index (χ2v) is 5.63. The van der Waals surface area contributed by atoms with Gasteiger partial charge in [-0.25, -0.2) is 4.98 Å². The summed E-state index contributed by atoms with van der Waals surface area (Å²) < 4.78 is 52.9. The first-order chi connectivity index (χ1) is 12.7. The average molecular weight is 385 g/mol. The number of nitrogens with zero attached hydrogens (tertiary/aromatic N) is 1. The van der Waals surface area contributed by atoms with Crippen LogP contribution in [-0.2, 0) is 15.7 Å². The fourth-order valence-corrected chi connectivity index (χ4v) is 2.03. The third-order valence-electron chi connectivity index (χ3n) is 3.58. The second-order valence-electron chi connectivity index (χ2n) is 5.63. The minimum Gasteiger partial charge on any atom is -0.488 e. The lowest BCUT2D eigenvalue weighted by atomic mass is 10.1. The highest BCUT2D eigenvalue weighted by molar-refractivity contribution is 5.69. The number of rotatable bonds is 7. The van der Waals surface area contributed by atoms with E-state index in [2.05, 4.69) is 9.72 Å². The van der Waals surface area contributed by atoms with Crippen LogP contribution in [0.15, 0.2) is 42.6 Å². The maximum atomic E-state index is 12.5. The van der Waals surface area contributed by atoms with Crippen LogP contribution in [0.5, 0.6) is 17.4 Å². The molecule has 2 atom stereocenters. The third-order valence-corrected chi connectivity index (χ3v) is 3.58. The fourth-order valence-electron chi connectivity index (χ4n) is 2.03. The molecule has 2 rings (SSSR count). The van der Waals surface area contributed by atoms with Crippen molar-refractivity contribution >= 4 is 5.97 Å². The number of halogens is 3. The summed E-state index contributed by atoms with van der Waals surface area (Å²) in [7, 11) is 1.23. The Bertz CT molecular complexity index is 747. The van der Waals surface area contributed by atoms with E-state index in [-0.39, 0.29) is 12.3 Å². The van der Waals surface area contributed by atoms with Crippen molar-refractivity contribution in [3.05, 3.63) is 48.2 Å². The average Bonchev–Trinajstić information content (AvgIpc) is 2.62. The SMILES string of the molecule is COC(=O)CC(O)C(C)Oc1ccc(Oc2ccc(C(F)(F)F)cn2)cc1. The topological polar surface area (TPSA) is 77.9 Å². The molecule has 1 N–H and O–H groups in total. The van der Waals surface area contributed by atoms with Gasteiger partial charge in [0.25, 0.3) is 0 Å². The molecule has 0 fully saturated rings. The monoisotopic (exact) mass is 385 g/mol. The number of benzene rings is 1. The molecule has 1 aromatic carbocycles. The van der Waals surface area contributed by atoms with E-state index in [0.29, 0.717) is 17.7 Å². The number of carbonyl (C=O) groups is 1. The van der Waals surface area contributed by atoms with Gasteiger partial charge in [0.15, 0.2) is 0 Å². The van der Waals surface area contributed by atoms with Gasteiger partial charge in [0, 0.05) is 12.3 Å². The number of methoxy groups -OCH3 is 1. The van der Waals surface area contributed by atoms with Gasteiger partial charge in [-0.05, 0) is 37.3 Å². The van der Waals surface area contributed by atoms with E-state index in [0.717, 1.165) is 12.1 Å². The van der Waals surface area contributed by atoms with Crippen molar-refractivity contribution in [1.29, 1.82) is 0 Å². The first kappa shape index (κ1) is 20.5. The van der Waals surface area contributed by atoms with Gasteiger partial charge in [0.05, 0.1) is 19.1 Å². The minimum absolute atomic E-state index is 0.0125. The van der Waals surface area contributed by atoms with Crippen LogP contribution < -0.4 is 9.47 Å². The summed E-state index contributed by atoms with van der Waals surface area (Å²) >= 11 is 0. The molecule has 0 aliphatic carbocycles. The molecule has 2 unspecified atom stereocenters. The van der Waals surface area contributed by atoms with Crippen LogP contribution in [0.1, 0.15) is 18.9 Å². The van der Waals surface area contributed by atoms with Gasteiger partial charge in [-0.3, -0.25) is 4.79 Å². The van der Waals surface area contributed by atoms with E-state index in [1.807, 2.05) is 0 Å². The van der Waals surface area contributed by atoms with E-state index in [1.54, 1.807) is 19.1 Å². The van der Waals surface area contributed by atoms with E-state index >= 15 is 0 Å². The number of ether oxygens (including phenoxy) is 3. The summed E-state index contributed by atoms with van der Waals surface area (Å²) in [6, 6.07) is 8.19. The number of hydrogen-bond acceptors (Lipinski definition) is 6. The van der Waals surface area contributed by atoms with Gasteiger partial charge in [-0.15, -0.1) is 0 Å². The van der Waals surface area contributed by atoms with E-state index in [9.17, 15) is 23.1 Å². The Labute approximate surface area is 153 Å². The standard InChI is InChI=1S/C18H18F3NO5/c1-11(15(23)9-17(24)25-2)26-13-4-6-14(7-5-13)27-16-8-3-12(10-22-16)18(19,20)21/h3-8,10-11,15,23H,9H2,1-2H3. The Morgan fingerprint density at radius 2 is 1.78 bits per heavy atom. The summed E-state index contributed by atoms with van der Waals surface area (Å²) in [5.41, 5.74) is -0.863. The number of hydrogen-bond donors (Lipinski definition) is 1. The molecule has 146 valence electrons. The number of esters is 1. The minimum atomic E-state index is -4.46. The number of aliphatic hydroxyl groups is 1. The molecule has 0 saturated carbocycles. The lowest BCUT2D eigenvalue weighted by Crippen LogP contribution is -2.31. The van der Waals surface area contributed by atoms with Crippen molar-refractivity contribution in [3.8, 4) is 17.4 Å². The smallest absolute Gasteiger partial charge is 0.417 e. The Kier molecular flexibility index (Phi) is 6.62. The maximum Gasteiger partial charge on any atom is 0.417 e. The van der Waals surface area contributed by atoms with Crippen molar-refractivity contribution in [2.75, 3.05) is 7.11 Å². The van der Waals surface area contributed by atoms with Gasteiger partial charge in [-0.2, -0.15) is 13.2 Å². The zero-order valence-electron chi connectivity index (χ0n) is 14.6. The second kappa shape index (κ2) is 8.72. The highest BCUT2D eigenvalue weighted by Crippen LogP contribution is 2.30. The van der Waals surface area contributed by atoms with Gasteiger partial charge in [-0.1, -0.05) is 0 Å². The molecule has 0 radical (unpaired) electrons. The van der Waals surface area contributed by atoms with Gasteiger partial charge < -0.3 is 19.3 Å². The Hall–Kier alpha value is -2.81. The van der Waals surface area contributed by atoms with Crippen LogP contribution in [0.25, 0.3) is 0 Å². The predicted octanol–water partition coefficient (Wildman–Crippen LogP) is 3.58. The van der Waals surface area contributed by atoms with Crippen molar-refractivity contribution in [2.45, 2.75) is 31.7 Å². The van der Waals surface area contributed by atoms with Gasteiger partial charge in [0.2, 0.25) is 5.88 Å². The molecule has 0 aliphatic heterocycles. The van der Waals surface area contributed by atoms with Gasteiger partial charge >= 0.3 is 12.1 Å². The van der Waals surface area contributed by atoms with Crippen molar-refractivity contribution in [3.63, 3.8) is 0 Å². The Morgan fingerprint density at radius 3 is 2.30 bits per heavy atom. The quantitative estimate of drug-likeness (QED) is 0.734. The molecule has 0 saturated heterocycles. The largest absolute Gasteiger partial charge is 0.488 e. The maximum absolute atomic E-state index is 12.5. The predicted molar refractivity (Wildman–Crippen MR) is 88.5 cm³/mol. The highest BCUT2D eigenvalue weighted by atomic mass is 19.4. The Morgan fingerprint density at radius 1 is 1.15 bits per heavy atom. The first-order valence-corrected chi connectivity index (χ1v) is 7.91. The third kappa shape index (κ3) is 6.14. The Balaban J connectivity index is 1.94. The van der Waals surface area contributed by atoms with Gasteiger partial charge in [0.1, 0.15) is 23.7 Å². The van der Waals surface area contributed by atoms with Crippen molar-refractivity contribution < 1.29 is 37.3 Å². The van der Waals surface area contributed by atoms with E-state index in [4.69, 9.17) is 9.47 Å². The molecule has 1 aromatic heterocycles. The zero-order chi connectivity index (χ0) is 20.0. The molecule has 0 bridgehead atoms. The molecule has 0 amide bonds. The normalized spacial score (nSPS) is 13.6. The molecule has 1 heterocycles. The zero-order valence-corrected chi connectivity index (χ0v) is 14.6. The van der Waals surface area contributed by atoms with Crippen LogP contribution in [0.2, 0.25) is 0 Å². The van der Waals surface area contributed by atoms with E-state index in [1.165, 1.54) is 19.2 Å². The number of aromatic nitrogens is 1. The summed E-state index contributed by atoms with van der Waals surface area (Å²) in [5, 5.41) is 9.87. The van der Waals surface area contributed by atoms with Crippen LogP contribution in [0.3, 0.4) is 0 Å². The molecule has 6 nitrogen and oxygen atoms in total. The number of aliphatic hydroxyl groups excluding tert-OH is 1. The summed E-state index contributed by atoms with van der Waals surface area (Å²) in [4.78, 5) is 14.8. The number of pyridine rings is 1. The van der Waals surface area contributed by atoms with Crippen LogP contribution >= 0.6 is 0 Å². The molecule has 9 heteroatoms. The highest BCUT2D eigenvalue weighted by Gasteiger charge is 2.30. The van der Waals surface area contributed by atoms with Crippen molar-refractivity contribution in [1.82, 2.24) is 4.98 Å². The molecule has 2 aromatic rings. The lowest BCUT2D eigenvalue weighted by Gasteiger charge is -2.19. The molecule has 27 heavy (non-hydrogen) atoms. The molecule has 0 spiro atoms. The number of carbonyl (C=O) groups excluding carboxylic acids is 1. The van der Waals surface area contributed by atoms with E-state index < -0.39 is 29.9 Å². The fraction of sp³-hybridized carbons (Fsp3) is 0.333. The molecular formula is C18H18F3NO5. The molecular weight excluding hydrogens is 367 g/mol. The summed E-state index contributed by atoms with van der Waals surface area (Å²) in [5.74, 6) is 0.223. The summed E-state index contributed by atoms with van der Waals surface area (Å²) in [6.07, 6.45) is -5.66. The summed E-state index contributed by atoms with van der Waals surface area (Å²) in [6.45, 7) is 1.60. The number of alkyl halides is 3. The first-order valence-electron chi connectivity index (χ1n) is 7.91.